The summed E-state index contributed by atoms with van der Waals surface area (Å²) in [5, 5.41) is 17.4. The number of carbonyl (C=O) groups is 1. The van der Waals surface area contributed by atoms with E-state index in [-0.39, 0.29) is 11.7 Å². The zero-order chi connectivity index (χ0) is 15.4. The van der Waals surface area contributed by atoms with E-state index in [0.29, 0.717) is 17.0 Å². The maximum Gasteiger partial charge on any atom is 0.292 e. The molecule has 2 aromatic rings. The van der Waals surface area contributed by atoms with E-state index in [9.17, 15) is 9.90 Å². The fourth-order valence-corrected chi connectivity index (χ4v) is 2.36. The number of rotatable bonds is 4. The molecule has 1 aromatic heterocycles. The molecule has 0 aliphatic heterocycles. The maximum absolute atomic E-state index is 11.9. The van der Waals surface area contributed by atoms with E-state index in [1.54, 1.807) is 30.1 Å². The number of phenols is 1. The Morgan fingerprint density at radius 3 is 2.95 bits per heavy atom. The summed E-state index contributed by atoms with van der Waals surface area (Å²) in [6.45, 7) is 0. The van der Waals surface area contributed by atoms with Gasteiger partial charge >= 0.3 is 0 Å². The number of phenolic OH excluding ortho intramolecular Hbond substituents is 1. The van der Waals surface area contributed by atoms with Gasteiger partial charge in [0.25, 0.3) is 5.91 Å². The van der Waals surface area contributed by atoms with Crippen LogP contribution in [0.3, 0.4) is 0 Å². The van der Waals surface area contributed by atoms with Crippen LogP contribution in [0.2, 0.25) is 0 Å². The van der Waals surface area contributed by atoms with E-state index < -0.39 is 0 Å². The molecule has 0 unspecified atom stereocenters. The third kappa shape index (κ3) is 3.72. The van der Waals surface area contributed by atoms with Gasteiger partial charge in [-0.05, 0) is 46.4 Å². The second kappa shape index (κ2) is 6.57. The lowest BCUT2D eigenvalue weighted by Gasteiger charge is -2.03. The quantitative estimate of drug-likeness (QED) is 0.463. The van der Waals surface area contributed by atoms with Crippen molar-refractivity contribution in [3.63, 3.8) is 0 Å². The molecule has 2 N–H and O–H groups in total. The fraction of sp³-hybridized carbons (Fsp3) is 0.154. The summed E-state index contributed by atoms with van der Waals surface area (Å²) in [6.07, 6.45) is 3.19. The number of methoxy groups -OCH3 is 1. The molecule has 1 amide bonds. The van der Waals surface area contributed by atoms with Crippen LogP contribution in [0, 0.1) is 3.57 Å². The van der Waals surface area contributed by atoms with Gasteiger partial charge in [0, 0.05) is 13.2 Å². The van der Waals surface area contributed by atoms with Crippen LogP contribution < -0.4 is 10.2 Å². The number of amides is 1. The summed E-state index contributed by atoms with van der Waals surface area (Å²) < 4.78 is 7.29. The number of halogens is 1. The molecule has 0 bridgehead atoms. The molecule has 0 spiro atoms. The number of hydrogen-bond donors (Lipinski definition) is 2. The average Bonchev–Trinajstić information content (AvgIpc) is 2.79. The van der Waals surface area contributed by atoms with E-state index in [2.05, 4.69) is 15.6 Å². The summed E-state index contributed by atoms with van der Waals surface area (Å²) in [4.78, 5) is 11.9. The minimum Gasteiger partial charge on any atom is -0.504 e. The molecule has 0 aliphatic rings. The standard InChI is InChI=1S/C13H13IN4O3/c1-18-7-9(14)12(17-18)13(20)16-15-6-8-3-4-10(19)11(5-8)21-2/h3-7,19H,1-2H3,(H,16,20)/b15-6-. The average molecular weight is 400 g/mol. The van der Waals surface area contributed by atoms with E-state index in [4.69, 9.17) is 4.74 Å². The lowest BCUT2D eigenvalue weighted by Crippen LogP contribution is -2.19. The van der Waals surface area contributed by atoms with Gasteiger partial charge in [-0.25, -0.2) is 5.43 Å². The SMILES string of the molecule is COc1cc(/C=N\NC(=O)c2nn(C)cc2I)ccc1O. The highest BCUT2D eigenvalue weighted by Gasteiger charge is 2.13. The number of nitrogens with zero attached hydrogens (tertiary/aromatic N) is 3. The minimum atomic E-state index is -0.387. The number of nitrogens with one attached hydrogen (secondary N) is 1. The zero-order valence-electron chi connectivity index (χ0n) is 11.4. The molecule has 7 nitrogen and oxygen atoms in total. The van der Waals surface area contributed by atoms with Crippen LogP contribution >= 0.6 is 22.6 Å². The van der Waals surface area contributed by atoms with Crippen LogP contribution in [0.25, 0.3) is 0 Å². The Morgan fingerprint density at radius 2 is 2.33 bits per heavy atom. The van der Waals surface area contributed by atoms with Crippen molar-refractivity contribution in [1.82, 2.24) is 15.2 Å². The molecule has 8 heteroatoms. The first-order valence-corrected chi connectivity index (χ1v) is 6.98. The number of hydrogen-bond acceptors (Lipinski definition) is 5. The number of ether oxygens (including phenoxy) is 1. The van der Waals surface area contributed by atoms with Gasteiger partial charge in [-0.15, -0.1) is 0 Å². The van der Waals surface area contributed by atoms with Gasteiger partial charge in [0.2, 0.25) is 0 Å². The molecule has 0 aliphatic carbocycles. The van der Waals surface area contributed by atoms with Gasteiger partial charge in [0.1, 0.15) is 0 Å². The molecule has 1 aromatic carbocycles. The van der Waals surface area contributed by atoms with Crippen molar-refractivity contribution in [1.29, 1.82) is 0 Å². The number of benzene rings is 1. The smallest absolute Gasteiger partial charge is 0.292 e. The summed E-state index contributed by atoms with van der Waals surface area (Å²) >= 11 is 2.03. The lowest BCUT2D eigenvalue weighted by molar-refractivity contribution is 0.0948. The van der Waals surface area contributed by atoms with Crippen LogP contribution in [-0.4, -0.2) is 34.1 Å². The van der Waals surface area contributed by atoms with Crippen molar-refractivity contribution < 1.29 is 14.6 Å². The van der Waals surface area contributed by atoms with Crippen molar-refractivity contribution in [3.05, 3.63) is 39.2 Å². The number of aromatic hydroxyl groups is 1. The molecule has 0 saturated carbocycles. The Balaban J connectivity index is 2.05. The Hall–Kier alpha value is -2.10. The summed E-state index contributed by atoms with van der Waals surface area (Å²) in [7, 11) is 3.20. The highest BCUT2D eigenvalue weighted by molar-refractivity contribution is 14.1. The minimum absolute atomic E-state index is 0.0433. The molecular weight excluding hydrogens is 387 g/mol. The fourth-order valence-electron chi connectivity index (χ4n) is 1.61. The number of carbonyl (C=O) groups excluding carboxylic acids is 1. The molecule has 0 atom stereocenters. The summed E-state index contributed by atoms with van der Waals surface area (Å²) in [6, 6.07) is 4.75. The van der Waals surface area contributed by atoms with Crippen LogP contribution in [0.15, 0.2) is 29.5 Å². The number of aromatic nitrogens is 2. The zero-order valence-corrected chi connectivity index (χ0v) is 13.5. The Labute approximate surface area is 134 Å². The first-order valence-electron chi connectivity index (χ1n) is 5.91. The van der Waals surface area contributed by atoms with Gasteiger partial charge in [-0.1, -0.05) is 0 Å². The third-order valence-corrected chi connectivity index (χ3v) is 3.37. The molecular formula is C13H13IN4O3. The number of hydrazone groups is 1. The normalized spacial score (nSPS) is 10.8. The van der Waals surface area contributed by atoms with Crippen molar-refractivity contribution in [3.8, 4) is 11.5 Å². The van der Waals surface area contributed by atoms with Crippen LogP contribution in [0.4, 0.5) is 0 Å². The lowest BCUT2D eigenvalue weighted by atomic mass is 10.2. The third-order valence-electron chi connectivity index (χ3n) is 2.58. The second-order valence-electron chi connectivity index (χ2n) is 4.13. The first kappa shape index (κ1) is 15.3. The van der Waals surface area contributed by atoms with Gasteiger partial charge < -0.3 is 9.84 Å². The van der Waals surface area contributed by atoms with Gasteiger partial charge in [0.15, 0.2) is 17.2 Å². The molecule has 110 valence electrons. The van der Waals surface area contributed by atoms with Gasteiger partial charge in [-0.3, -0.25) is 9.48 Å². The largest absolute Gasteiger partial charge is 0.504 e. The van der Waals surface area contributed by atoms with Crippen molar-refractivity contribution in [2.24, 2.45) is 12.1 Å². The molecule has 0 saturated heterocycles. The second-order valence-corrected chi connectivity index (χ2v) is 5.29. The molecule has 0 fully saturated rings. The van der Waals surface area contributed by atoms with E-state index in [0.717, 1.165) is 3.57 Å². The summed E-state index contributed by atoms with van der Waals surface area (Å²) in [5.41, 5.74) is 3.40. The molecule has 1 heterocycles. The Kier molecular flexibility index (Phi) is 4.78. The predicted molar refractivity (Wildman–Crippen MR) is 85.6 cm³/mol. The van der Waals surface area contributed by atoms with Crippen LogP contribution in [-0.2, 0) is 7.05 Å². The molecule has 2 rings (SSSR count). The van der Waals surface area contributed by atoms with Crippen molar-refractivity contribution in [2.45, 2.75) is 0 Å². The Bertz CT molecular complexity index is 697. The van der Waals surface area contributed by atoms with E-state index >= 15 is 0 Å². The van der Waals surface area contributed by atoms with E-state index in [1.807, 2.05) is 22.6 Å². The number of aryl methyl sites for hydroxylation is 1. The molecule has 21 heavy (non-hydrogen) atoms. The van der Waals surface area contributed by atoms with Crippen molar-refractivity contribution >= 4 is 34.7 Å². The highest BCUT2D eigenvalue weighted by atomic mass is 127. The predicted octanol–water partition coefficient (Wildman–Crippen LogP) is 1.50. The Morgan fingerprint density at radius 1 is 1.57 bits per heavy atom. The topological polar surface area (TPSA) is 88.7 Å². The van der Waals surface area contributed by atoms with Gasteiger partial charge in [-0.2, -0.15) is 10.2 Å². The van der Waals surface area contributed by atoms with E-state index in [1.165, 1.54) is 19.4 Å². The highest BCUT2D eigenvalue weighted by Crippen LogP contribution is 2.25. The van der Waals surface area contributed by atoms with Crippen LogP contribution in [0.5, 0.6) is 11.5 Å². The van der Waals surface area contributed by atoms with Crippen molar-refractivity contribution in [2.75, 3.05) is 7.11 Å². The maximum atomic E-state index is 11.9. The molecule has 0 radical (unpaired) electrons. The van der Waals surface area contributed by atoms with Crippen LogP contribution in [0.1, 0.15) is 16.1 Å². The first-order chi connectivity index (χ1) is 10.0. The monoisotopic (exact) mass is 400 g/mol. The summed E-state index contributed by atoms with van der Waals surface area (Å²) in [5.74, 6) is -0.00623. The van der Waals surface area contributed by atoms with Gasteiger partial charge in [0.05, 0.1) is 16.9 Å².